The van der Waals surface area contributed by atoms with Gasteiger partial charge < -0.3 is 10.6 Å². The van der Waals surface area contributed by atoms with Gasteiger partial charge in [-0.25, -0.2) is 4.39 Å². The third-order valence-electron chi connectivity index (χ3n) is 2.84. The number of halogens is 2. The Morgan fingerprint density at radius 3 is 2.94 bits per heavy atom. The smallest absolute Gasteiger partial charge is 0.241 e. The predicted octanol–water partition coefficient (Wildman–Crippen LogP) is 2.56. The molecule has 92 valence electrons. The van der Waals surface area contributed by atoms with Crippen molar-refractivity contribution < 1.29 is 9.18 Å². The molecule has 1 aromatic rings. The molecular weight excluding hydrogens is 243 g/mol. The molecule has 1 heterocycles. The van der Waals surface area contributed by atoms with Crippen molar-refractivity contribution in [3.63, 3.8) is 0 Å². The van der Waals surface area contributed by atoms with Gasteiger partial charge in [0.25, 0.3) is 0 Å². The zero-order valence-electron chi connectivity index (χ0n) is 9.30. The number of rotatable bonds is 2. The standard InChI is InChI=1S/C12H14ClFN2O/c13-8-4-3-5-9(14)11(8)16-12(17)10-6-1-2-7-15-10/h3-5,10,15H,1-2,6-7H2,(H,16,17)/t10-/m1/s1. The molecule has 17 heavy (non-hydrogen) atoms. The molecule has 1 fully saturated rings. The number of carbonyl (C=O) groups is 1. The molecule has 0 aliphatic carbocycles. The van der Waals surface area contributed by atoms with Gasteiger partial charge in [-0.05, 0) is 31.5 Å². The average Bonchev–Trinajstić information content (AvgIpc) is 2.35. The summed E-state index contributed by atoms with van der Waals surface area (Å²) in [6.07, 6.45) is 2.86. The molecule has 0 radical (unpaired) electrons. The number of anilines is 1. The lowest BCUT2D eigenvalue weighted by Gasteiger charge is -2.22. The number of hydrogen-bond acceptors (Lipinski definition) is 2. The lowest BCUT2D eigenvalue weighted by molar-refractivity contribution is -0.118. The second-order valence-electron chi connectivity index (χ2n) is 4.09. The lowest BCUT2D eigenvalue weighted by atomic mass is 10.0. The van der Waals surface area contributed by atoms with E-state index in [1.165, 1.54) is 12.1 Å². The van der Waals surface area contributed by atoms with Gasteiger partial charge >= 0.3 is 0 Å². The molecule has 1 aromatic carbocycles. The summed E-state index contributed by atoms with van der Waals surface area (Å²) < 4.78 is 13.5. The number of benzene rings is 1. The molecule has 3 nitrogen and oxygen atoms in total. The third kappa shape index (κ3) is 2.96. The van der Waals surface area contributed by atoms with Gasteiger partial charge in [0.1, 0.15) is 5.82 Å². The molecular formula is C12H14ClFN2O. The van der Waals surface area contributed by atoms with Crippen LogP contribution < -0.4 is 10.6 Å². The van der Waals surface area contributed by atoms with E-state index in [9.17, 15) is 9.18 Å². The van der Waals surface area contributed by atoms with Crippen LogP contribution in [-0.2, 0) is 4.79 Å². The van der Waals surface area contributed by atoms with Crippen LogP contribution in [0.3, 0.4) is 0 Å². The minimum atomic E-state index is -0.512. The fourth-order valence-corrected chi connectivity index (χ4v) is 2.11. The number of hydrogen-bond donors (Lipinski definition) is 2. The van der Waals surface area contributed by atoms with E-state index in [-0.39, 0.29) is 22.7 Å². The zero-order valence-corrected chi connectivity index (χ0v) is 10.1. The average molecular weight is 257 g/mol. The number of amides is 1. The van der Waals surface area contributed by atoms with E-state index >= 15 is 0 Å². The van der Waals surface area contributed by atoms with Crippen LogP contribution in [0.25, 0.3) is 0 Å². The Morgan fingerprint density at radius 1 is 1.47 bits per heavy atom. The lowest BCUT2D eigenvalue weighted by Crippen LogP contribution is -2.43. The van der Waals surface area contributed by atoms with Crippen LogP contribution in [-0.4, -0.2) is 18.5 Å². The molecule has 1 saturated heterocycles. The van der Waals surface area contributed by atoms with Gasteiger partial charge in [0.05, 0.1) is 16.8 Å². The fraction of sp³-hybridized carbons (Fsp3) is 0.417. The predicted molar refractivity (Wildman–Crippen MR) is 65.7 cm³/mol. The van der Waals surface area contributed by atoms with E-state index < -0.39 is 5.82 Å². The molecule has 1 amide bonds. The molecule has 0 spiro atoms. The third-order valence-corrected chi connectivity index (χ3v) is 3.15. The topological polar surface area (TPSA) is 41.1 Å². The van der Waals surface area contributed by atoms with E-state index in [0.717, 1.165) is 25.8 Å². The van der Waals surface area contributed by atoms with Gasteiger partial charge in [-0.15, -0.1) is 0 Å². The van der Waals surface area contributed by atoms with Gasteiger partial charge in [0.15, 0.2) is 0 Å². The van der Waals surface area contributed by atoms with Gasteiger partial charge in [-0.2, -0.15) is 0 Å². The first kappa shape index (κ1) is 12.3. The summed E-state index contributed by atoms with van der Waals surface area (Å²) in [5.41, 5.74) is 0.0616. The normalized spacial score (nSPS) is 20.0. The van der Waals surface area contributed by atoms with Crippen molar-refractivity contribution in [1.82, 2.24) is 5.32 Å². The second-order valence-corrected chi connectivity index (χ2v) is 4.50. The number of piperidine rings is 1. The molecule has 0 aromatic heterocycles. The summed E-state index contributed by atoms with van der Waals surface area (Å²) >= 11 is 5.84. The van der Waals surface area contributed by atoms with Crippen LogP contribution in [0.4, 0.5) is 10.1 Å². The highest BCUT2D eigenvalue weighted by atomic mass is 35.5. The molecule has 0 unspecified atom stereocenters. The highest BCUT2D eigenvalue weighted by Gasteiger charge is 2.22. The van der Waals surface area contributed by atoms with Gasteiger partial charge in [-0.3, -0.25) is 4.79 Å². The van der Waals surface area contributed by atoms with Crippen molar-refractivity contribution in [3.05, 3.63) is 29.0 Å². The molecule has 1 aliphatic rings. The zero-order chi connectivity index (χ0) is 12.3. The molecule has 0 bridgehead atoms. The molecule has 5 heteroatoms. The minimum Gasteiger partial charge on any atom is -0.321 e. The summed E-state index contributed by atoms with van der Waals surface area (Å²) in [6.45, 7) is 0.823. The van der Waals surface area contributed by atoms with Crippen LogP contribution in [0.5, 0.6) is 0 Å². The van der Waals surface area contributed by atoms with Crippen molar-refractivity contribution in [3.8, 4) is 0 Å². The van der Waals surface area contributed by atoms with E-state index in [1.54, 1.807) is 6.07 Å². The maximum atomic E-state index is 13.5. The van der Waals surface area contributed by atoms with Crippen LogP contribution in [0, 0.1) is 5.82 Å². The van der Waals surface area contributed by atoms with E-state index in [0.29, 0.717) is 0 Å². The van der Waals surface area contributed by atoms with Crippen LogP contribution in [0.1, 0.15) is 19.3 Å². The van der Waals surface area contributed by atoms with Gasteiger partial charge in [-0.1, -0.05) is 24.1 Å². The first-order chi connectivity index (χ1) is 8.18. The van der Waals surface area contributed by atoms with Crippen LogP contribution in [0.2, 0.25) is 5.02 Å². The Bertz CT molecular complexity index is 399. The number of nitrogens with one attached hydrogen (secondary N) is 2. The Labute approximate surface area is 104 Å². The number of carbonyl (C=O) groups excluding carboxylic acids is 1. The van der Waals surface area contributed by atoms with E-state index in [4.69, 9.17) is 11.6 Å². The first-order valence-electron chi connectivity index (χ1n) is 5.67. The fourth-order valence-electron chi connectivity index (χ4n) is 1.90. The first-order valence-corrected chi connectivity index (χ1v) is 6.04. The molecule has 2 rings (SSSR count). The van der Waals surface area contributed by atoms with Crippen molar-refractivity contribution in [2.75, 3.05) is 11.9 Å². The highest BCUT2D eigenvalue weighted by Crippen LogP contribution is 2.25. The quantitative estimate of drug-likeness (QED) is 0.854. The molecule has 2 N–H and O–H groups in total. The van der Waals surface area contributed by atoms with E-state index in [2.05, 4.69) is 10.6 Å². The summed E-state index contributed by atoms with van der Waals surface area (Å²) in [5.74, 6) is -0.738. The largest absolute Gasteiger partial charge is 0.321 e. The molecule has 1 aliphatic heterocycles. The highest BCUT2D eigenvalue weighted by molar-refractivity contribution is 6.33. The summed E-state index contributed by atoms with van der Waals surface area (Å²) in [5, 5.41) is 5.86. The monoisotopic (exact) mass is 256 g/mol. The summed E-state index contributed by atoms with van der Waals surface area (Å²) in [6, 6.07) is 4.08. The molecule has 1 atom stereocenters. The Morgan fingerprint density at radius 2 is 2.29 bits per heavy atom. The van der Waals surface area contributed by atoms with Gasteiger partial charge in [0.2, 0.25) is 5.91 Å². The maximum absolute atomic E-state index is 13.5. The van der Waals surface area contributed by atoms with Gasteiger partial charge in [0, 0.05) is 0 Å². The van der Waals surface area contributed by atoms with Crippen molar-refractivity contribution in [2.45, 2.75) is 25.3 Å². The molecule has 0 saturated carbocycles. The summed E-state index contributed by atoms with van der Waals surface area (Å²) in [7, 11) is 0. The Hall–Kier alpha value is -1.13. The van der Waals surface area contributed by atoms with Crippen LogP contribution >= 0.6 is 11.6 Å². The van der Waals surface area contributed by atoms with E-state index in [1.807, 2.05) is 0 Å². The number of para-hydroxylation sites is 1. The van der Waals surface area contributed by atoms with Crippen LogP contribution in [0.15, 0.2) is 18.2 Å². The Kier molecular flexibility index (Phi) is 3.97. The van der Waals surface area contributed by atoms with Crippen molar-refractivity contribution >= 4 is 23.2 Å². The minimum absolute atomic E-state index is 0.0616. The van der Waals surface area contributed by atoms with Crippen molar-refractivity contribution in [1.29, 1.82) is 0 Å². The SMILES string of the molecule is O=C(Nc1c(F)cccc1Cl)[C@H]1CCCCN1. The Balaban J connectivity index is 2.07. The second kappa shape index (κ2) is 5.47. The summed E-state index contributed by atoms with van der Waals surface area (Å²) in [4.78, 5) is 11.9. The van der Waals surface area contributed by atoms with Crippen molar-refractivity contribution in [2.24, 2.45) is 0 Å². The maximum Gasteiger partial charge on any atom is 0.241 e.